The van der Waals surface area contributed by atoms with Crippen molar-refractivity contribution in [2.45, 2.75) is 71.4 Å². The maximum absolute atomic E-state index is 13.8. The van der Waals surface area contributed by atoms with Crippen LogP contribution in [-0.4, -0.2) is 122 Å². The zero-order valence-electron chi connectivity index (χ0n) is 36.9. The average Bonchev–Trinajstić information content (AvgIpc) is 3.80. The number of hydrogen-bond donors (Lipinski definition) is 1. The monoisotopic (exact) mass is 921 g/mol. The van der Waals surface area contributed by atoms with Gasteiger partial charge in [-0.05, 0) is 89.3 Å². The first kappa shape index (κ1) is 48.3. The number of piperazine rings is 2. The summed E-state index contributed by atoms with van der Waals surface area (Å²) in [6.07, 6.45) is -2.84. The number of carbonyl (C=O) groups is 1. The minimum absolute atomic E-state index is 0.0187. The summed E-state index contributed by atoms with van der Waals surface area (Å²) in [5.74, 6) is -0.902. The molecule has 0 radical (unpaired) electrons. The zero-order chi connectivity index (χ0) is 46.3. The van der Waals surface area contributed by atoms with E-state index < -0.39 is 32.7 Å². The van der Waals surface area contributed by atoms with Crippen molar-refractivity contribution in [3.63, 3.8) is 0 Å². The molecule has 0 aliphatic carbocycles. The maximum Gasteiger partial charge on any atom is 0.314 e. The van der Waals surface area contributed by atoms with Crippen molar-refractivity contribution in [2.75, 3.05) is 55.4 Å². The second-order valence-electron chi connectivity index (χ2n) is 16.3. The standard InChI is InChI=1S/C23H27F2N5O3S.C22H30N4O3S/c1-16-13-29(14-17(2)28(16)3)34(31,32)30(20-7-5-4-6-8-20)15-18-9-11-19(12-10-18)22-26-27-23(33-22)21(24)25;1-17-14-25(15-18(2)24(17)3)30(28,29)26(21-7-5-4-6-8-21)16-19-9-11-20(12-10-19)22(27)13-23/h4-12,16-17,21H,13-15H2,1-3H3;4-12,17-18H,13-16,23H2,1-3H3/t16-,17+;17-,18+. The van der Waals surface area contributed by atoms with Gasteiger partial charge in [0.15, 0.2) is 5.78 Å². The number of ketones is 1. The van der Waals surface area contributed by atoms with Gasteiger partial charge in [-0.2, -0.15) is 34.2 Å². The summed E-state index contributed by atoms with van der Waals surface area (Å²) in [7, 11) is -3.53. The van der Waals surface area contributed by atoms with Gasteiger partial charge in [0.2, 0.25) is 5.89 Å². The third-order valence-electron chi connectivity index (χ3n) is 11.9. The van der Waals surface area contributed by atoms with Gasteiger partial charge in [-0.15, -0.1) is 10.2 Å². The van der Waals surface area contributed by atoms with Gasteiger partial charge >= 0.3 is 26.8 Å². The van der Waals surface area contributed by atoms with E-state index in [0.29, 0.717) is 48.7 Å². The molecule has 4 aromatic carbocycles. The molecule has 7 rings (SSSR count). The number of alkyl halides is 2. The van der Waals surface area contributed by atoms with E-state index in [1.165, 1.54) is 12.9 Å². The molecule has 64 heavy (non-hydrogen) atoms. The number of hydrogen-bond acceptors (Lipinski definition) is 11. The van der Waals surface area contributed by atoms with E-state index in [9.17, 15) is 30.4 Å². The Morgan fingerprint density at radius 2 is 1.05 bits per heavy atom. The fraction of sp³-hybridized carbons (Fsp3) is 0.400. The molecule has 2 fully saturated rings. The van der Waals surface area contributed by atoms with Gasteiger partial charge in [0, 0.05) is 61.5 Å². The Kier molecular flexibility index (Phi) is 15.7. The van der Waals surface area contributed by atoms with E-state index in [1.54, 1.807) is 89.2 Å². The third-order valence-corrected chi connectivity index (χ3v) is 15.6. The van der Waals surface area contributed by atoms with Crippen molar-refractivity contribution in [2.24, 2.45) is 5.73 Å². The molecule has 19 heteroatoms. The molecule has 3 heterocycles. The number of nitrogens with two attached hydrogens (primary N) is 1. The number of anilines is 2. The van der Waals surface area contributed by atoms with Gasteiger partial charge in [-0.3, -0.25) is 23.2 Å². The predicted octanol–water partition coefficient (Wildman–Crippen LogP) is 6.05. The van der Waals surface area contributed by atoms with Crippen LogP contribution in [0.25, 0.3) is 11.5 Å². The van der Waals surface area contributed by atoms with Crippen LogP contribution in [0.3, 0.4) is 0 Å². The minimum Gasteiger partial charge on any atom is -0.415 e. The molecule has 1 aromatic heterocycles. The molecule has 5 aromatic rings. The van der Waals surface area contributed by atoms with Crippen LogP contribution in [0.4, 0.5) is 20.2 Å². The Morgan fingerprint density at radius 3 is 1.41 bits per heavy atom. The molecule has 0 spiro atoms. The third kappa shape index (κ3) is 11.2. The molecule has 15 nitrogen and oxygen atoms in total. The lowest BCUT2D eigenvalue weighted by atomic mass is 10.1. The smallest absolute Gasteiger partial charge is 0.314 e. The number of benzene rings is 4. The number of aromatic nitrogens is 2. The Balaban J connectivity index is 0.000000214. The average molecular weight is 922 g/mol. The van der Waals surface area contributed by atoms with Crippen LogP contribution in [0.2, 0.25) is 0 Å². The molecule has 0 unspecified atom stereocenters. The number of Topliss-reactive ketones (excluding diaryl/α,β-unsaturated/α-hetero) is 1. The van der Waals surface area contributed by atoms with Gasteiger partial charge in [-0.1, -0.05) is 72.8 Å². The predicted molar refractivity (Wildman–Crippen MR) is 244 cm³/mol. The summed E-state index contributed by atoms with van der Waals surface area (Å²) in [6, 6.07) is 32.2. The van der Waals surface area contributed by atoms with E-state index in [1.807, 2.05) is 66.1 Å². The van der Waals surface area contributed by atoms with Crippen LogP contribution in [0.1, 0.15) is 61.5 Å². The van der Waals surface area contributed by atoms with Crippen molar-refractivity contribution in [3.05, 3.63) is 132 Å². The van der Waals surface area contributed by atoms with Crippen LogP contribution in [0, 0.1) is 0 Å². The number of likely N-dealkylation sites (N-methyl/N-ethyl adjacent to an activating group) is 2. The number of nitrogens with zero attached hydrogens (tertiary/aromatic N) is 8. The quantitative estimate of drug-likeness (QED) is 0.129. The largest absolute Gasteiger partial charge is 0.415 e. The van der Waals surface area contributed by atoms with Gasteiger partial charge in [0.1, 0.15) is 0 Å². The topological polar surface area (TPSA) is 170 Å². The maximum atomic E-state index is 13.8. The fourth-order valence-electron chi connectivity index (χ4n) is 7.61. The van der Waals surface area contributed by atoms with Gasteiger partial charge in [0.25, 0.3) is 5.89 Å². The molecule has 0 amide bonds. The number of rotatable bonds is 14. The van der Waals surface area contributed by atoms with Gasteiger partial charge in [0.05, 0.1) is 31.0 Å². The summed E-state index contributed by atoms with van der Waals surface area (Å²) in [4.78, 5) is 16.2. The van der Waals surface area contributed by atoms with Crippen molar-refractivity contribution >= 4 is 37.6 Å². The highest BCUT2D eigenvalue weighted by molar-refractivity contribution is 7.90. The summed E-state index contributed by atoms with van der Waals surface area (Å²) in [5.41, 5.74) is 9.11. The first-order valence-corrected chi connectivity index (χ1v) is 23.8. The molecule has 344 valence electrons. The summed E-state index contributed by atoms with van der Waals surface area (Å²) in [5, 5.41) is 6.99. The first-order valence-electron chi connectivity index (χ1n) is 21.0. The zero-order valence-corrected chi connectivity index (χ0v) is 38.5. The van der Waals surface area contributed by atoms with E-state index in [2.05, 4.69) is 20.0 Å². The fourth-order valence-corrected chi connectivity index (χ4v) is 11.2. The Labute approximate surface area is 375 Å². The number of carbonyl (C=O) groups excluding carboxylic acids is 1. The van der Waals surface area contributed by atoms with Crippen LogP contribution in [0.15, 0.2) is 114 Å². The van der Waals surface area contributed by atoms with Crippen LogP contribution in [-0.2, 0) is 33.5 Å². The highest BCUT2D eigenvalue weighted by Crippen LogP contribution is 2.29. The highest BCUT2D eigenvalue weighted by atomic mass is 32.2. The second kappa shape index (κ2) is 20.8. The lowest BCUT2D eigenvalue weighted by Gasteiger charge is -2.43. The normalized spacial score (nSPS) is 20.4. The summed E-state index contributed by atoms with van der Waals surface area (Å²) in [6.45, 7) is 10.0. The van der Waals surface area contributed by atoms with Gasteiger partial charge in [-0.25, -0.2) is 0 Å². The SMILES string of the molecule is C[C@@H]1CN(S(=O)(=O)N(Cc2ccc(-c3nnc(C(F)F)o3)cc2)c2ccccc2)C[C@H](C)N1C.C[C@@H]1CN(S(=O)(=O)N(Cc2ccc(C(=O)CN)cc2)c2ccccc2)C[C@H](C)N1C. The molecule has 2 aliphatic heterocycles. The van der Waals surface area contributed by atoms with Crippen molar-refractivity contribution < 1.29 is 34.8 Å². The Morgan fingerprint density at radius 1 is 0.656 bits per heavy atom. The lowest BCUT2D eigenvalue weighted by Crippen LogP contribution is -2.59. The molecule has 2 saturated heterocycles. The van der Waals surface area contributed by atoms with Crippen molar-refractivity contribution in [1.29, 1.82) is 0 Å². The van der Waals surface area contributed by atoms with Crippen molar-refractivity contribution in [3.8, 4) is 11.5 Å². The molecular weight excluding hydrogens is 865 g/mol. The molecule has 0 bridgehead atoms. The molecule has 0 saturated carbocycles. The molecule has 4 atom stereocenters. The summed E-state index contributed by atoms with van der Waals surface area (Å²) < 4.78 is 91.3. The van der Waals surface area contributed by atoms with Crippen LogP contribution in [0.5, 0.6) is 0 Å². The lowest BCUT2D eigenvalue weighted by molar-refractivity contribution is 0.100. The summed E-state index contributed by atoms with van der Waals surface area (Å²) >= 11 is 0. The van der Waals surface area contributed by atoms with Crippen molar-refractivity contribution in [1.82, 2.24) is 28.6 Å². The van der Waals surface area contributed by atoms with Crippen LogP contribution < -0.4 is 14.3 Å². The van der Waals surface area contributed by atoms with E-state index in [-0.39, 0.29) is 55.5 Å². The Hall–Kier alpha value is -5.15. The van der Waals surface area contributed by atoms with E-state index in [0.717, 1.165) is 11.1 Å². The van der Waals surface area contributed by atoms with Crippen LogP contribution >= 0.6 is 0 Å². The highest BCUT2D eigenvalue weighted by Gasteiger charge is 2.39. The molecule has 2 N–H and O–H groups in total. The minimum atomic E-state index is -3.82. The van der Waals surface area contributed by atoms with E-state index in [4.69, 9.17) is 10.2 Å². The second-order valence-corrected chi connectivity index (χ2v) is 20.0. The number of para-hydroxylation sites is 2. The Bertz CT molecular complexity index is 2500. The van der Waals surface area contributed by atoms with Gasteiger partial charge < -0.3 is 10.2 Å². The van der Waals surface area contributed by atoms with E-state index >= 15 is 0 Å². The first-order chi connectivity index (χ1) is 30.4. The molecular formula is C45H57F2N9O6S2. The molecule has 2 aliphatic rings. The number of halogens is 2.